The van der Waals surface area contributed by atoms with E-state index in [-0.39, 0.29) is 35.3 Å². The highest BCUT2D eigenvalue weighted by molar-refractivity contribution is 8.01. The summed E-state index contributed by atoms with van der Waals surface area (Å²) in [5, 5.41) is -0.417. The Kier molecular flexibility index (Phi) is 5.26. The van der Waals surface area contributed by atoms with Crippen molar-refractivity contribution < 1.29 is 14.4 Å². The summed E-state index contributed by atoms with van der Waals surface area (Å²) >= 11 is 1.46. The minimum Gasteiger partial charge on any atom is -0.328 e. The second-order valence-electron chi connectivity index (χ2n) is 7.39. The van der Waals surface area contributed by atoms with Crippen molar-refractivity contribution in [3.8, 4) is 0 Å². The maximum absolute atomic E-state index is 12.5. The van der Waals surface area contributed by atoms with Crippen molar-refractivity contribution in [3.63, 3.8) is 0 Å². The van der Waals surface area contributed by atoms with E-state index < -0.39 is 16.7 Å². The van der Waals surface area contributed by atoms with Crippen molar-refractivity contribution in [2.45, 2.75) is 64.0 Å². The fourth-order valence-electron chi connectivity index (χ4n) is 2.30. The van der Waals surface area contributed by atoms with Crippen molar-refractivity contribution in [1.82, 2.24) is 4.90 Å². The SMILES string of the molecule is CC(C)(C)SC1CC(=O)N(C(CN)C(=O)C(C)(C)C)C1=O. The normalized spacial score (nSPS) is 21.9. The Hall–Kier alpha value is -0.880. The van der Waals surface area contributed by atoms with Crippen LogP contribution in [0.1, 0.15) is 48.0 Å². The van der Waals surface area contributed by atoms with E-state index in [1.54, 1.807) is 20.8 Å². The first-order valence-corrected chi connectivity index (χ1v) is 8.04. The summed E-state index contributed by atoms with van der Waals surface area (Å²) in [4.78, 5) is 38.2. The average molecular weight is 314 g/mol. The third kappa shape index (κ3) is 4.30. The van der Waals surface area contributed by atoms with Crippen molar-refractivity contribution in [2.75, 3.05) is 6.54 Å². The number of thioether (sulfide) groups is 1. The molecule has 0 spiro atoms. The van der Waals surface area contributed by atoms with Gasteiger partial charge in [0.2, 0.25) is 11.8 Å². The summed E-state index contributed by atoms with van der Waals surface area (Å²) in [6.07, 6.45) is 0.148. The second-order valence-corrected chi connectivity index (χ2v) is 9.42. The standard InChI is InChI=1S/C15H26N2O3S/c1-14(2,3)12(19)9(8-16)17-11(18)7-10(13(17)20)21-15(4,5)6/h9-10H,7-8,16H2,1-6H3. The van der Waals surface area contributed by atoms with Crippen LogP contribution in [0.4, 0.5) is 0 Å². The van der Waals surface area contributed by atoms with Crippen LogP contribution < -0.4 is 5.73 Å². The van der Waals surface area contributed by atoms with Crippen molar-refractivity contribution >= 4 is 29.4 Å². The van der Waals surface area contributed by atoms with Gasteiger partial charge in [0.25, 0.3) is 0 Å². The molecule has 120 valence electrons. The van der Waals surface area contributed by atoms with Gasteiger partial charge in [-0.1, -0.05) is 41.5 Å². The van der Waals surface area contributed by atoms with E-state index in [2.05, 4.69) is 0 Å². The number of nitrogens with two attached hydrogens (primary N) is 1. The predicted octanol–water partition coefficient (Wildman–Crippen LogP) is 1.59. The molecule has 2 amide bonds. The quantitative estimate of drug-likeness (QED) is 0.797. The molecule has 0 bridgehead atoms. The Morgan fingerprint density at radius 3 is 2.19 bits per heavy atom. The van der Waals surface area contributed by atoms with Gasteiger partial charge < -0.3 is 5.73 Å². The van der Waals surface area contributed by atoms with Gasteiger partial charge in [-0.3, -0.25) is 19.3 Å². The molecule has 0 saturated carbocycles. The summed E-state index contributed by atoms with van der Waals surface area (Å²) in [6, 6.07) is -0.851. The molecule has 1 aliphatic heterocycles. The lowest BCUT2D eigenvalue weighted by Gasteiger charge is -2.30. The number of hydrogen-bond donors (Lipinski definition) is 1. The molecule has 0 aromatic carbocycles. The van der Waals surface area contributed by atoms with Gasteiger partial charge in [0.15, 0.2) is 5.78 Å². The molecule has 1 saturated heterocycles. The average Bonchev–Trinajstić information content (AvgIpc) is 2.54. The summed E-state index contributed by atoms with van der Waals surface area (Å²) in [7, 11) is 0. The highest BCUT2D eigenvalue weighted by atomic mass is 32.2. The number of likely N-dealkylation sites (tertiary alicyclic amines) is 1. The first-order chi connectivity index (χ1) is 9.38. The molecule has 2 unspecified atom stereocenters. The van der Waals surface area contributed by atoms with Crippen LogP contribution in [0.2, 0.25) is 0 Å². The lowest BCUT2D eigenvalue weighted by Crippen LogP contribution is -2.52. The lowest BCUT2D eigenvalue weighted by molar-refractivity contribution is -0.148. The van der Waals surface area contributed by atoms with Crippen LogP contribution in [0.5, 0.6) is 0 Å². The molecule has 1 rings (SSSR count). The van der Waals surface area contributed by atoms with Crippen molar-refractivity contribution in [2.24, 2.45) is 11.1 Å². The molecule has 2 atom stereocenters. The zero-order chi connectivity index (χ0) is 16.6. The zero-order valence-corrected chi connectivity index (χ0v) is 14.5. The third-order valence-electron chi connectivity index (χ3n) is 3.21. The van der Waals surface area contributed by atoms with Crippen LogP contribution in [-0.4, -0.2) is 45.1 Å². The van der Waals surface area contributed by atoms with Gasteiger partial charge in [0.1, 0.15) is 6.04 Å². The van der Waals surface area contributed by atoms with Crippen LogP contribution in [0.15, 0.2) is 0 Å². The molecule has 1 fully saturated rings. The third-order valence-corrected chi connectivity index (χ3v) is 4.57. The summed E-state index contributed by atoms with van der Waals surface area (Å²) in [5.41, 5.74) is 5.03. The van der Waals surface area contributed by atoms with Crippen LogP contribution >= 0.6 is 11.8 Å². The van der Waals surface area contributed by atoms with Crippen LogP contribution in [0, 0.1) is 5.41 Å². The maximum atomic E-state index is 12.5. The van der Waals surface area contributed by atoms with E-state index in [1.165, 1.54) is 11.8 Å². The first kappa shape index (κ1) is 18.2. The molecule has 6 heteroatoms. The molecular formula is C15H26N2O3S. The van der Waals surface area contributed by atoms with E-state index >= 15 is 0 Å². The van der Waals surface area contributed by atoms with Crippen LogP contribution in [0.3, 0.4) is 0 Å². The summed E-state index contributed by atoms with van der Waals surface area (Å²) in [6.45, 7) is 11.3. The lowest BCUT2D eigenvalue weighted by atomic mass is 9.86. The summed E-state index contributed by atoms with van der Waals surface area (Å²) in [5.74, 6) is -0.754. The van der Waals surface area contributed by atoms with E-state index in [4.69, 9.17) is 5.73 Å². The Labute approximate surface area is 131 Å². The number of carbonyl (C=O) groups excluding carboxylic acids is 3. The topological polar surface area (TPSA) is 80.5 Å². The summed E-state index contributed by atoms with van der Waals surface area (Å²) < 4.78 is -0.122. The van der Waals surface area contributed by atoms with Crippen molar-refractivity contribution in [1.29, 1.82) is 0 Å². The minimum atomic E-state index is -0.851. The van der Waals surface area contributed by atoms with Gasteiger partial charge >= 0.3 is 0 Å². The van der Waals surface area contributed by atoms with Crippen LogP contribution in [0.25, 0.3) is 0 Å². The Balaban J connectivity index is 2.99. The maximum Gasteiger partial charge on any atom is 0.243 e. The van der Waals surface area contributed by atoms with E-state index in [0.29, 0.717) is 0 Å². The van der Waals surface area contributed by atoms with Gasteiger partial charge in [0.05, 0.1) is 5.25 Å². The Morgan fingerprint density at radius 1 is 1.29 bits per heavy atom. The fraction of sp³-hybridized carbons (Fsp3) is 0.800. The molecule has 0 aromatic heterocycles. The number of imide groups is 1. The molecular weight excluding hydrogens is 288 g/mol. The van der Waals surface area contributed by atoms with Crippen LogP contribution in [-0.2, 0) is 14.4 Å². The molecule has 2 N–H and O–H groups in total. The molecule has 0 aliphatic carbocycles. The van der Waals surface area contributed by atoms with E-state index in [0.717, 1.165) is 4.90 Å². The van der Waals surface area contributed by atoms with Gasteiger partial charge in [-0.15, -0.1) is 11.8 Å². The van der Waals surface area contributed by atoms with Gasteiger partial charge in [-0.2, -0.15) is 0 Å². The van der Waals surface area contributed by atoms with E-state index in [9.17, 15) is 14.4 Å². The Morgan fingerprint density at radius 2 is 1.81 bits per heavy atom. The van der Waals surface area contributed by atoms with Gasteiger partial charge in [-0.25, -0.2) is 0 Å². The molecule has 1 heterocycles. The largest absolute Gasteiger partial charge is 0.328 e. The minimum absolute atomic E-state index is 0.0273. The predicted molar refractivity (Wildman–Crippen MR) is 84.9 cm³/mol. The Bertz CT molecular complexity index is 449. The van der Waals surface area contributed by atoms with E-state index in [1.807, 2.05) is 20.8 Å². The van der Waals surface area contributed by atoms with Crippen molar-refractivity contribution in [3.05, 3.63) is 0 Å². The highest BCUT2D eigenvalue weighted by Gasteiger charge is 2.47. The number of amides is 2. The monoisotopic (exact) mass is 314 g/mol. The zero-order valence-electron chi connectivity index (χ0n) is 13.7. The molecule has 21 heavy (non-hydrogen) atoms. The number of rotatable bonds is 4. The van der Waals surface area contributed by atoms with Gasteiger partial charge in [0, 0.05) is 23.1 Å². The number of nitrogens with zero attached hydrogens (tertiary/aromatic N) is 1. The second kappa shape index (κ2) is 6.08. The molecule has 1 aliphatic rings. The highest BCUT2D eigenvalue weighted by Crippen LogP contribution is 2.36. The first-order valence-electron chi connectivity index (χ1n) is 7.16. The number of carbonyl (C=O) groups is 3. The van der Waals surface area contributed by atoms with Gasteiger partial charge in [-0.05, 0) is 0 Å². The number of Topliss-reactive ketones (excluding diaryl/α,β-unsaturated/α-hetero) is 1. The smallest absolute Gasteiger partial charge is 0.243 e. The molecule has 0 aromatic rings. The fourth-order valence-corrected chi connectivity index (χ4v) is 3.59. The molecule has 0 radical (unpaired) electrons. The number of ketones is 1. The molecule has 5 nitrogen and oxygen atoms in total. The number of hydrogen-bond acceptors (Lipinski definition) is 5.